The van der Waals surface area contributed by atoms with Crippen LogP contribution in [0.25, 0.3) is 0 Å². The van der Waals surface area contributed by atoms with Crippen molar-refractivity contribution in [1.82, 2.24) is 20.2 Å². The Labute approximate surface area is 231 Å². The average molecular weight is 536 g/mol. The molecule has 1 aliphatic carbocycles. The first kappa shape index (κ1) is 27.2. The van der Waals surface area contributed by atoms with Crippen LogP contribution in [0.3, 0.4) is 0 Å². The molecular weight excluding hydrogens is 494 g/mol. The van der Waals surface area contributed by atoms with Gasteiger partial charge in [0, 0.05) is 31.2 Å². The van der Waals surface area contributed by atoms with Crippen LogP contribution in [0.5, 0.6) is 5.75 Å². The standard InChI is InChI=1S/C29H41N7O3/c1-5-19-18-36(22-8-6-7-9-22)26-24(35(3)28(19)38)17-30-29(33-26)32-23-11-10-20(16-25(23)39-4)27(37)31-21-12-14-34(2)15-13-21/h10-11,16-17,19,21-22H,5-9,12-15,18H2,1-4H3,(H,31,37)(H,30,32,33)/t19-/m0/s1. The van der Waals surface area contributed by atoms with Crippen molar-refractivity contribution < 1.29 is 14.3 Å². The van der Waals surface area contributed by atoms with Crippen LogP contribution in [0.4, 0.5) is 23.1 Å². The largest absolute Gasteiger partial charge is 0.495 e. The molecule has 1 saturated heterocycles. The van der Waals surface area contributed by atoms with E-state index in [0.29, 0.717) is 35.5 Å². The van der Waals surface area contributed by atoms with Gasteiger partial charge in [-0.1, -0.05) is 19.8 Å². The Morgan fingerprint density at radius 3 is 2.56 bits per heavy atom. The van der Waals surface area contributed by atoms with Crippen molar-refractivity contribution in [1.29, 1.82) is 0 Å². The highest BCUT2D eigenvalue weighted by Crippen LogP contribution is 2.38. The van der Waals surface area contributed by atoms with Crippen molar-refractivity contribution in [3.05, 3.63) is 30.0 Å². The number of nitrogens with one attached hydrogen (secondary N) is 2. The first-order valence-electron chi connectivity index (χ1n) is 14.2. The molecule has 1 aromatic heterocycles. The molecule has 2 aromatic rings. The summed E-state index contributed by atoms with van der Waals surface area (Å²) in [6.45, 7) is 4.71. The van der Waals surface area contributed by atoms with E-state index in [4.69, 9.17) is 9.72 Å². The Balaban J connectivity index is 1.38. The van der Waals surface area contributed by atoms with Crippen LogP contribution in [-0.4, -0.2) is 79.6 Å². The van der Waals surface area contributed by atoms with Gasteiger partial charge in [0.05, 0.1) is 24.9 Å². The molecule has 39 heavy (non-hydrogen) atoms. The number of carbonyl (C=O) groups excluding carboxylic acids is 2. The number of likely N-dealkylation sites (tertiary alicyclic amines) is 1. The van der Waals surface area contributed by atoms with Gasteiger partial charge in [0.1, 0.15) is 11.4 Å². The van der Waals surface area contributed by atoms with E-state index in [1.165, 1.54) is 12.8 Å². The lowest BCUT2D eigenvalue weighted by molar-refractivity contribution is -0.121. The summed E-state index contributed by atoms with van der Waals surface area (Å²) in [4.78, 5) is 41.9. The number of piperidine rings is 1. The average Bonchev–Trinajstić information content (AvgIpc) is 3.46. The second-order valence-electron chi connectivity index (χ2n) is 11.1. The van der Waals surface area contributed by atoms with Gasteiger partial charge in [0.25, 0.3) is 5.91 Å². The van der Waals surface area contributed by atoms with Crippen molar-refractivity contribution in [2.75, 3.05) is 56.0 Å². The number of ether oxygens (including phenoxy) is 1. The minimum Gasteiger partial charge on any atom is -0.495 e. The summed E-state index contributed by atoms with van der Waals surface area (Å²) in [5.74, 6) is 1.69. The van der Waals surface area contributed by atoms with Crippen LogP contribution in [-0.2, 0) is 4.79 Å². The van der Waals surface area contributed by atoms with Crippen molar-refractivity contribution in [3.63, 3.8) is 0 Å². The Morgan fingerprint density at radius 1 is 1.13 bits per heavy atom. The molecule has 1 atom stereocenters. The normalized spacial score (nSPS) is 21.0. The van der Waals surface area contributed by atoms with Gasteiger partial charge >= 0.3 is 0 Å². The smallest absolute Gasteiger partial charge is 0.251 e. The maximum atomic E-state index is 13.2. The summed E-state index contributed by atoms with van der Waals surface area (Å²) in [7, 11) is 5.51. The number of amides is 2. The lowest BCUT2D eigenvalue weighted by Gasteiger charge is -2.31. The third kappa shape index (κ3) is 5.80. The summed E-state index contributed by atoms with van der Waals surface area (Å²) in [6.07, 6.45) is 9.03. The number of nitrogens with zero attached hydrogens (tertiary/aromatic N) is 5. The number of benzene rings is 1. The molecule has 2 amide bonds. The molecule has 5 rings (SSSR count). The van der Waals surface area contributed by atoms with Crippen LogP contribution in [0.15, 0.2) is 24.4 Å². The Bertz CT molecular complexity index is 1190. The van der Waals surface area contributed by atoms with Gasteiger partial charge in [0.2, 0.25) is 11.9 Å². The number of hydrogen-bond acceptors (Lipinski definition) is 8. The van der Waals surface area contributed by atoms with E-state index < -0.39 is 0 Å². The maximum absolute atomic E-state index is 13.2. The summed E-state index contributed by atoms with van der Waals surface area (Å²) in [6, 6.07) is 5.93. The Kier molecular flexibility index (Phi) is 8.20. The fraction of sp³-hybridized carbons (Fsp3) is 0.586. The molecule has 2 N–H and O–H groups in total. The molecule has 3 heterocycles. The maximum Gasteiger partial charge on any atom is 0.251 e. The molecule has 10 heteroatoms. The quantitative estimate of drug-likeness (QED) is 0.552. The topological polar surface area (TPSA) is 103 Å². The van der Waals surface area contributed by atoms with Gasteiger partial charge < -0.3 is 30.1 Å². The van der Waals surface area contributed by atoms with Gasteiger partial charge in [-0.15, -0.1) is 0 Å². The van der Waals surface area contributed by atoms with E-state index in [1.54, 1.807) is 30.3 Å². The summed E-state index contributed by atoms with van der Waals surface area (Å²) in [5.41, 5.74) is 1.96. The highest BCUT2D eigenvalue weighted by atomic mass is 16.5. The SMILES string of the molecule is CC[C@H]1CN(C2CCCC2)c2nc(Nc3ccc(C(=O)NC4CCN(C)CC4)cc3OC)ncc2N(C)C1=O. The molecule has 3 aliphatic rings. The van der Waals surface area contributed by atoms with Gasteiger partial charge in [-0.05, 0) is 70.4 Å². The monoisotopic (exact) mass is 535 g/mol. The predicted molar refractivity (Wildman–Crippen MR) is 153 cm³/mol. The molecule has 0 spiro atoms. The Hall–Kier alpha value is -3.40. The first-order chi connectivity index (χ1) is 18.9. The molecule has 0 bridgehead atoms. The Morgan fingerprint density at radius 2 is 1.87 bits per heavy atom. The zero-order chi connectivity index (χ0) is 27.5. The summed E-state index contributed by atoms with van der Waals surface area (Å²) >= 11 is 0. The van der Waals surface area contributed by atoms with Crippen molar-refractivity contribution in [2.45, 2.75) is 64.0 Å². The second-order valence-corrected chi connectivity index (χ2v) is 11.1. The molecule has 1 aromatic carbocycles. The number of rotatable bonds is 7. The van der Waals surface area contributed by atoms with Crippen LogP contribution in [0.1, 0.15) is 62.2 Å². The van der Waals surface area contributed by atoms with Gasteiger partial charge in [-0.2, -0.15) is 4.98 Å². The lowest BCUT2D eigenvalue weighted by atomic mass is 10.0. The highest BCUT2D eigenvalue weighted by molar-refractivity contribution is 5.99. The first-order valence-corrected chi connectivity index (χ1v) is 14.2. The number of anilines is 4. The van der Waals surface area contributed by atoms with Gasteiger partial charge in [0.15, 0.2) is 5.82 Å². The second kappa shape index (κ2) is 11.8. The summed E-state index contributed by atoms with van der Waals surface area (Å²) in [5, 5.41) is 6.45. The van der Waals surface area contributed by atoms with E-state index in [1.807, 2.05) is 13.1 Å². The van der Waals surface area contributed by atoms with E-state index in [9.17, 15) is 9.59 Å². The van der Waals surface area contributed by atoms with Crippen LogP contribution < -0.4 is 25.2 Å². The van der Waals surface area contributed by atoms with Crippen LogP contribution >= 0.6 is 0 Å². The van der Waals surface area contributed by atoms with E-state index in [-0.39, 0.29) is 23.8 Å². The number of aromatic nitrogens is 2. The third-order valence-electron chi connectivity index (χ3n) is 8.50. The minimum atomic E-state index is -0.0962. The summed E-state index contributed by atoms with van der Waals surface area (Å²) < 4.78 is 5.64. The zero-order valence-corrected chi connectivity index (χ0v) is 23.6. The molecule has 0 unspecified atom stereocenters. The van der Waals surface area contributed by atoms with E-state index >= 15 is 0 Å². The fourth-order valence-electron chi connectivity index (χ4n) is 5.99. The third-order valence-corrected chi connectivity index (χ3v) is 8.50. The van der Waals surface area contributed by atoms with Crippen LogP contribution in [0, 0.1) is 5.92 Å². The molecule has 210 valence electrons. The molecule has 2 fully saturated rings. The molecule has 2 aliphatic heterocycles. The van der Waals surface area contributed by atoms with Crippen LogP contribution in [0.2, 0.25) is 0 Å². The van der Waals surface area contributed by atoms with E-state index in [2.05, 4.69) is 39.4 Å². The van der Waals surface area contributed by atoms with Crippen molar-refractivity contribution in [2.24, 2.45) is 5.92 Å². The zero-order valence-electron chi connectivity index (χ0n) is 23.6. The van der Waals surface area contributed by atoms with E-state index in [0.717, 1.165) is 56.7 Å². The lowest BCUT2D eigenvalue weighted by Crippen LogP contribution is -2.43. The number of hydrogen-bond donors (Lipinski definition) is 2. The highest BCUT2D eigenvalue weighted by Gasteiger charge is 2.36. The number of fused-ring (bicyclic) bond motifs is 1. The number of carbonyl (C=O) groups is 2. The molecular formula is C29H41N7O3. The molecule has 0 radical (unpaired) electrons. The molecule has 1 saturated carbocycles. The van der Waals surface area contributed by atoms with Crippen molar-refractivity contribution >= 4 is 35.0 Å². The van der Waals surface area contributed by atoms with Gasteiger partial charge in [-0.25, -0.2) is 4.98 Å². The molecule has 10 nitrogen and oxygen atoms in total. The number of methoxy groups -OCH3 is 1. The fourth-order valence-corrected chi connectivity index (χ4v) is 5.99. The minimum absolute atomic E-state index is 0.0745. The predicted octanol–water partition coefficient (Wildman–Crippen LogP) is 3.80. The van der Waals surface area contributed by atoms with Crippen molar-refractivity contribution in [3.8, 4) is 5.75 Å². The van der Waals surface area contributed by atoms with Gasteiger partial charge in [-0.3, -0.25) is 9.59 Å².